The molecule has 25 heavy (non-hydrogen) atoms. The Morgan fingerprint density at radius 1 is 1.32 bits per heavy atom. The fourth-order valence-corrected chi connectivity index (χ4v) is 2.34. The third kappa shape index (κ3) is 4.95. The average molecular weight is 345 g/mol. The molecule has 2 rings (SSSR count). The van der Waals surface area contributed by atoms with E-state index in [4.69, 9.17) is 9.26 Å². The van der Waals surface area contributed by atoms with E-state index in [-0.39, 0.29) is 5.41 Å². The molecule has 1 aromatic heterocycles. The minimum absolute atomic E-state index is 0.159. The van der Waals surface area contributed by atoms with Gasteiger partial charge in [0.2, 0.25) is 5.89 Å². The van der Waals surface area contributed by atoms with Crippen molar-refractivity contribution in [2.24, 2.45) is 4.99 Å². The van der Waals surface area contributed by atoms with Gasteiger partial charge in [0, 0.05) is 31.6 Å². The summed E-state index contributed by atoms with van der Waals surface area (Å²) in [4.78, 5) is 10.8. The molecule has 0 aliphatic carbocycles. The molecule has 0 radical (unpaired) electrons. The molecule has 0 saturated heterocycles. The standard InChI is InChI=1S/C18H27N5O2/c1-18(2,3)16-21-15(22-25-16)11-20-17(19-4)23(5)12-13-9-7-8-10-14(13)24-6/h7-10H,11-12H2,1-6H3,(H,19,20). The predicted octanol–water partition coefficient (Wildman–Crippen LogP) is 2.58. The SMILES string of the molecule is CN=C(NCc1noc(C(C)(C)C)n1)N(C)Cc1ccccc1OC. The van der Waals surface area contributed by atoms with Gasteiger partial charge in [0.1, 0.15) is 5.75 Å². The van der Waals surface area contributed by atoms with Crippen LogP contribution in [0.4, 0.5) is 0 Å². The van der Waals surface area contributed by atoms with Gasteiger partial charge in [-0.15, -0.1) is 0 Å². The van der Waals surface area contributed by atoms with Gasteiger partial charge in [-0.05, 0) is 6.07 Å². The molecule has 7 heteroatoms. The zero-order valence-electron chi connectivity index (χ0n) is 15.8. The second-order valence-corrected chi connectivity index (χ2v) is 6.83. The number of hydrogen-bond acceptors (Lipinski definition) is 5. The Kier molecular flexibility index (Phi) is 6.01. The van der Waals surface area contributed by atoms with Crippen LogP contribution in [0.2, 0.25) is 0 Å². The Morgan fingerprint density at radius 2 is 2.04 bits per heavy atom. The summed E-state index contributed by atoms with van der Waals surface area (Å²) in [5.74, 6) is 2.84. The number of para-hydroxylation sites is 1. The highest BCUT2D eigenvalue weighted by Gasteiger charge is 2.21. The smallest absolute Gasteiger partial charge is 0.232 e. The summed E-state index contributed by atoms with van der Waals surface area (Å²) in [7, 11) is 5.39. The maximum atomic E-state index is 5.40. The van der Waals surface area contributed by atoms with Crippen LogP contribution in [0.15, 0.2) is 33.8 Å². The Labute approximate surface area is 149 Å². The largest absolute Gasteiger partial charge is 0.496 e. The van der Waals surface area contributed by atoms with Crippen LogP contribution in [0.25, 0.3) is 0 Å². The first-order valence-corrected chi connectivity index (χ1v) is 8.22. The van der Waals surface area contributed by atoms with Crippen LogP contribution in [0.3, 0.4) is 0 Å². The van der Waals surface area contributed by atoms with Crippen molar-refractivity contribution in [1.29, 1.82) is 0 Å². The lowest BCUT2D eigenvalue weighted by Crippen LogP contribution is -2.38. The summed E-state index contributed by atoms with van der Waals surface area (Å²) in [6.45, 7) is 7.23. The van der Waals surface area contributed by atoms with Gasteiger partial charge in [-0.25, -0.2) is 0 Å². The Bertz CT molecular complexity index is 718. The van der Waals surface area contributed by atoms with Crippen molar-refractivity contribution in [3.8, 4) is 5.75 Å². The zero-order chi connectivity index (χ0) is 18.4. The van der Waals surface area contributed by atoms with Crippen LogP contribution in [-0.4, -0.2) is 42.2 Å². The molecule has 2 aromatic rings. The van der Waals surface area contributed by atoms with Gasteiger partial charge in [-0.3, -0.25) is 4.99 Å². The van der Waals surface area contributed by atoms with E-state index in [1.807, 2.05) is 57.0 Å². The molecule has 0 fully saturated rings. The van der Waals surface area contributed by atoms with Crippen LogP contribution in [0.5, 0.6) is 5.75 Å². The van der Waals surface area contributed by atoms with Crippen LogP contribution < -0.4 is 10.1 Å². The molecule has 136 valence electrons. The molecule has 0 saturated carbocycles. The lowest BCUT2D eigenvalue weighted by atomic mass is 9.97. The molecule has 0 unspecified atom stereocenters. The highest BCUT2D eigenvalue weighted by Crippen LogP contribution is 2.20. The number of rotatable bonds is 5. The Morgan fingerprint density at radius 3 is 2.64 bits per heavy atom. The summed E-state index contributed by atoms with van der Waals surface area (Å²) < 4.78 is 10.7. The first kappa shape index (κ1) is 18.8. The Hall–Kier alpha value is -2.57. The second-order valence-electron chi connectivity index (χ2n) is 6.83. The third-order valence-electron chi connectivity index (χ3n) is 3.69. The maximum absolute atomic E-state index is 5.40. The van der Waals surface area contributed by atoms with Crippen molar-refractivity contribution in [3.05, 3.63) is 41.5 Å². The van der Waals surface area contributed by atoms with Gasteiger partial charge in [0.15, 0.2) is 11.8 Å². The molecule has 0 atom stereocenters. The van der Waals surface area contributed by atoms with Crippen molar-refractivity contribution in [2.75, 3.05) is 21.2 Å². The third-order valence-corrected chi connectivity index (χ3v) is 3.69. The van der Waals surface area contributed by atoms with E-state index < -0.39 is 0 Å². The minimum atomic E-state index is -0.159. The van der Waals surface area contributed by atoms with Gasteiger partial charge in [-0.2, -0.15) is 4.98 Å². The molecule has 0 amide bonds. The number of aliphatic imine (C=N–C) groups is 1. The molecule has 0 bridgehead atoms. The molecule has 1 heterocycles. The number of methoxy groups -OCH3 is 1. The van der Waals surface area contributed by atoms with Crippen molar-refractivity contribution >= 4 is 5.96 Å². The van der Waals surface area contributed by atoms with Crippen molar-refractivity contribution in [2.45, 2.75) is 39.3 Å². The normalized spacial score (nSPS) is 12.2. The van der Waals surface area contributed by atoms with E-state index in [0.717, 1.165) is 17.3 Å². The first-order valence-electron chi connectivity index (χ1n) is 8.22. The maximum Gasteiger partial charge on any atom is 0.232 e. The summed E-state index contributed by atoms with van der Waals surface area (Å²) in [6.07, 6.45) is 0. The summed E-state index contributed by atoms with van der Waals surface area (Å²) in [5.41, 5.74) is 0.929. The first-order chi connectivity index (χ1) is 11.8. The molecule has 0 aliphatic rings. The minimum Gasteiger partial charge on any atom is -0.496 e. The number of guanidine groups is 1. The topological polar surface area (TPSA) is 75.8 Å². The van der Waals surface area contributed by atoms with Crippen molar-refractivity contribution < 1.29 is 9.26 Å². The predicted molar refractivity (Wildman–Crippen MR) is 97.7 cm³/mol. The molecule has 0 aliphatic heterocycles. The van der Waals surface area contributed by atoms with Gasteiger partial charge in [0.25, 0.3) is 0 Å². The van der Waals surface area contributed by atoms with Crippen molar-refractivity contribution in [3.63, 3.8) is 0 Å². The highest BCUT2D eigenvalue weighted by atomic mass is 16.5. The number of hydrogen-bond donors (Lipinski definition) is 1. The number of nitrogens with one attached hydrogen (secondary N) is 1. The Balaban J connectivity index is 1.99. The highest BCUT2D eigenvalue weighted by molar-refractivity contribution is 5.79. The van der Waals surface area contributed by atoms with Crippen LogP contribution in [0, 0.1) is 0 Å². The van der Waals surface area contributed by atoms with Crippen LogP contribution in [0.1, 0.15) is 38.0 Å². The summed E-state index contributed by atoms with van der Waals surface area (Å²) in [6, 6.07) is 7.94. The fraction of sp³-hybridized carbons (Fsp3) is 0.500. The number of aromatic nitrogens is 2. The molecule has 1 aromatic carbocycles. The number of ether oxygens (including phenoxy) is 1. The monoisotopic (exact) mass is 345 g/mol. The fourth-order valence-electron chi connectivity index (χ4n) is 2.34. The number of nitrogens with zero attached hydrogens (tertiary/aromatic N) is 4. The summed E-state index contributed by atoms with van der Waals surface area (Å²) >= 11 is 0. The van der Waals surface area contributed by atoms with E-state index in [1.54, 1.807) is 14.2 Å². The zero-order valence-corrected chi connectivity index (χ0v) is 15.8. The molecule has 0 spiro atoms. The van der Waals surface area contributed by atoms with E-state index in [0.29, 0.717) is 24.8 Å². The summed E-state index contributed by atoms with van der Waals surface area (Å²) in [5, 5.41) is 7.28. The van der Waals surface area contributed by atoms with Gasteiger partial charge >= 0.3 is 0 Å². The lowest BCUT2D eigenvalue weighted by molar-refractivity contribution is 0.318. The van der Waals surface area contributed by atoms with Gasteiger partial charge in [0.05, 0.1) is 13.7 Å². The lowest BCUT2D eigenvalue weighted by Gasteiger charge is -2.22. The van der Waals surface area contributed by atoms with E-state index >= 15 is 0 Å². The van der Waals surface area contributed by atoms with Crippen LogP contribution >= 0.6 is 0 Å². The van der Waals surface area contributed by atoms with Gasteiger partial charge in [-0.1, -0.05) is 44.1 Å². The van der Waals surface area contributed by atoms with Gasteiger partial charge < -0.3 is 19.5 Å². The van der Waals surface area contributed by atoms with Crippen LogP contribution in [-0.2, 0) is 18.5 Å². The molecule has 7 nitrogen and oxygen atoms in total. The quantitative estimate of drug-likeness (QED) is 0.663. The van der Waals surface area contributed by atoms with E-state index in [9.17, 15) is 0 Å². The molecular weight excluding hydrogens is 318 g/mol. The molecular formula is C18H27N5O2. The van der Waals surface area contributed by atoms with Crippen molar-refractivity contribution in [1.82, 2.24) is 20.4 Å². The van der Waals surface area contributed by atoms with E-state index in [2.05, 4.69) is 20.4 Å². The van der Waals surface area contributed by atoms with E-state index in [1.165, 1.54) is 0 Å². The molecule has 1 N–H and O–H groups in total. The average Bonchev–Trinajstić information content (AvgIpc) is 3.05. The second kappa shape index (κ2) is 8.00. The number of benzene rings is 1.